The number of nitrogens with zero attached hydrogens (tertiary/aromatic N) is 2. The first kappa shape index (κ1) is 11.4. The van der Waals surface area contributed by atoms with E-state index in [1.807, 2.05) is 32.0 Å². The predicted molar refractivity (Wildman–Crippen MR) is 64.1 cm³/mol. The van der Waals surface area contributed by atoms with E-state index in [1.165, 1.54) is 0 Å². The molecule has 0 aliphatic heterocycles. The quantitative estimate of drug-likeness (QED) is 0.878. The lowest BCUT2D eigenvalue weighted by Crippen LogP contribution is -2.01. The first-order valence-electron chi connectivity index (χ1n) is 5.37. The molecule has 17 heavy (non-hydrogen) atoms. The number of rotatable bonds is 4. The third-order valence-electron chi connectivity index (χ3n) is 2.60. The van der Waals surface area contributed by atoms with Crippen molar-refractivity contribution in [1.82, 2.24) is 10.3 Å². The molecule has 0 fully saturated rings. The van der Waals surface area contributed by atoms with Gasteiger partial charge in [-0.05, 0) is 37.6 Å². The van der Waals surface area contributed by atoms with Crippen molar-refractivity contribution in [3.8, 4) is 5.75 Å². The Morgan fingerprint density at radius 1 is 1.29 bits per heavy atom. The van der Waals surface area contributed by atoms with E-state index in [2.05, 4.69) is 20.3 Å². The average Bonchev–Trinajstić information content (AvgIpc) is 2.72. The van der Waals surface area contributed by atoms with Crippen LogP contribution < -0.4 is 10.1 Å². The summed E-state index contributed by atoms with van der Waals surface area (Å²) in [6.45, 7) is 4.47. The van der Waals surface area contributed by atoms with Gasteiger partial charge in [0.1, 0.15) is 17.1 Å². The number of nitrogens with one attached hydrogen (secondary N) is 1. The first-order chi connectivity index (χ1) is 8.20. The summed E-state index contributed by atoms with van der Waals surface area (Å²) in [7, 11) is 1.67. The molecule has 2 aromatic rings. The summed E-state index contributed by atoms with van der Waals surface area (Å²) in [5, 5.41) is 10.8. The van der Waals surface area contributed by atoms with Gasteiger partial charge in [0.2, 0.25) is 0 Å². The van der Waals surface area contributed by atoms with E-state index >= 15 is 0 Å². The molecule has 0 bridgehead atoms. The second-order valence-electron chi connectivity index (χ2n) is 3.83. The standard InChI is InChI=1S/C12H15N3O2/c1-8-6-10(4-5-12(8)16-3)13-7-11-9(2)14-17-15-11/h4-6,13H,7H2,1-3H3. The summed E-state index contributed by atoms with van der Waals surface area (Å²) in [5.41, 5.74) is 3.74. The van der Waals surface area contributed by atoms with E-state index in [0.717, 1.165) is 28.4 Å². The van der Waals surface area contributed by atoms with Crippen LogP contribution >= 0.6 is 0 Å². The van der Waals surface area contributed by atoms with Gasteiger partial charge in [0.05, 0.1) is 13.7 Å². The molecular formula is C12H15N3O2. The Morgan fingerprint density at radius 2 is 2.12 bits per heavy atom. The van der Waals surface area contributed by atoms with Gasteiger partial charge in [-0.3, -0.25) is 0 Å². The highest BCUT2D eigenvalue weighted by Gasteiger charge is 2.05. The van der Waals surface area contributed by atoms with E-state index in [1.54, 1.807) is 7.11 Å². The smallest absolute Gasteiger partial charge is 0.127 e. The Kier molecular flexibility index (Phi) is 3.27. The Hall–Kier alpha value is -2.04. The third-order valence-corrected chi connectivity index (χ3v) is 2.60. The maximum absolute atomic E-state index is 5.20. The van der Waals surface area contributed by atoms with Crippen LogP contribution in [0.15, 0.2) is 22.8 Å². The number of anilines is 1. The number of benzene rings is 1. The number of ether oxygens (including phenoxy) is 1. The van der Waals surface area contributed by atoms with Crippen molar-refractivity contribution < 1.29 is 9.37 Å². The zero-order valence-electron chi connectivity index (χ0n) is 10.2. The van der Waals surface area contributed by atoms with Crippen LogP contribution in [0.2, 0.25) is 0 Å². The number of aromatic nitrogens is 2. The van der Waals surface area contributed by atoms with Crippen LogP contribution in [-0.2, 0) is 6.54 Å². The van der Waals surface area contributed by atoms with E-state index < -0.39 is 0 Å². The second-order valence-corrected chi connectivity index (χ2v) is 3.83. The Balaban J connectivity index is 2.05. The molecule has 90 valence electrons. The van der Waals surface area contributed by atoms with Crippen molar-refractivity contribution in [2.45, 2.75) is 20.4 Å². The minimum absolute atomic E-state index is 0.598. The SMILES string of the molecule is COc1ccc(NCc2nonc2C)cc1C. The second kappa shape index (κ2) is 4.86. The number of hydrogen-bond acceptors (Lipinski definition) is 5. The molecule has 0 saturated heterocycles. The predicted octanol–water partition coefficient (Wildman–Crippen LogP) is 2.31. The summed E-state index contributed by atoms with van der Waals surface area (Å²) in [4.78, 5) is 0. The summed E-state index contributed by atoms with van der Waals surface area (Å²) in [6, 6.07) is 5.93. The zero-order valence-corrected chi connectivity index (χ0v) is 10.2. The summed E-state index contributed by atoms with van der Waals surface area (Å²) in [5.74, 6) is 0.884. The van der Waals surface area contributed by atoms with E-state index in [9.17, 15) is 0 Å². The summed E-state index contributed by atoms with van der Waals surface area (Å²) >= 11 is 0. The van der Waals surface area contributed by atoms with Crippen molar-refractivity contribution in [3.63, 3.8) is 0 Å². The van der Waals surface area contributed by atoms with Crippen molar-refractivity contribution >= 4 is 5.69 Å². The topological polar surface area (TPSA) is 60.2 Å². The lowest BCUT2D eigenvalue weighted by Gasteiger charge is -2.08. The molecule has 0 atom stereocenters. The van der Waals surface area contributed by atoms with Gasteiger partial charge < -0.3 is 10.1 Å². The van der Waals surface area contributed by atoms with Crippen molar-refractivity contribution in [3.05, 3.63) is 35.2 Å². The molecule has 2 rings (SSSR count). The Morgan fingerprint density at radius 3 is 2.71 bits per heavy atom. The highest BCUT2D eigenvalue weighted by atomic mass is 16.6. The van der Waals surface area contributed by atoms with E-state index in [4.69, 9.17) is 4.74 Å². The molecule has 1 heterocycles. The molecule has 0 aliphatic rings. The van der Waals surface area contributed by atoms with E-state index in [-0.39, 0.29) is 0 Å². The molecule has 0 saturated carbocycles. The van der Waals surface area contributed by atoms with Crippen molar-refractivity contribution in [2.75, 3.05) is 12.4 Å². The van der Waals surface area contributed by atoms with E-state index in [0.29, 0.717) is 6.54 Å². The van der Waals surface area contributed by atoms with Gasteiger partial charge in [0, 0.05) is 5.69 Å². The summed E-state index contributed by atoms with van der Waals surface area (Å²) in [6.07, 6.45) is 0. The van der Waals surface area contributed by atoms with Crippen LogP contribution in [0.1, 0.15) is 17.0 Å². The largest absolute Gasteiger partial charge is 0.496 e. The van der Waals surface area contributed by atoms with Crippen LogP contribution in [0, 0.1) is 13.8 Å². The first-order valence-corrected chi connectivity index (χ1v) is 5.37. The number of methoxy groups -OCH3 is 1. The fourth-order valence-corrected chi connectivity index (χ4v) is 1.58. The van der Waals surface area contributed by atoms with Crippen LogP contribution in [0.5, 0.6) is 5.75 Å². The van der Waals surface area contributed by atoms with Crippen LogP contribution in [0.4, 0.5) is 5.69 Å². The molecule has 0 amide bonds. The van der Waals surface area contributed by atoms with Crippen LogP contribution in [-0.4, -0.2) is 17.4 Å². The lowest BCUT2D eigenvalue weighted by molar-refractivity contribution is 0.301. The summed E-state index contributed by atoms with van der Waals surface area (Å²) < 4.78 is 9.84. The molecule has 0 unspecified atom stereocenters. The molecule has 5 nitrogen and oxygen atoms in total. The monoisotopic (exact) mass is 233 g/mol. The maximum atomic E-state index is 5.20. The van der Waals surface area contributed by atoms with Crippen molar-refractivity contribution in [2.24, 2.45) is 0 Å². The van der Waals surface area contributed by atoms with Gasteiger partial charge in [-0.15, -0.1) is 0 Å². The minimum atomic E-state index is 0.598. The average molecular weight is 233 g/mol. The van der Waals surface area contributed by atoms with Gasteiger partial charge >= 0.3 is 0 Å². The Labute approximate surface area is 99.7 Å². The van der Waals surface area contributed by atoms with Gasteiger partial charge in [0.25, 0.3) is 0 Å². The molecule has 1 N–H and O–H groups in total. The van der Waals surface area contributed by atoms with Crippen LogP contribution in [0.3, 0.4) is 0 Å². The maximum Gasteiger partial charge on any atom is 0.127 e. The molecule has 0 spiro atoms. The van der Waals surface area contributed by atoms with Gasteiger partial charge in [-0.1, -0.05) is 10.3 Å². The zero-order chi connectivity index (χ0) is 12.3. The fraction of sp³-hybridized carbons (Fsp3) is 0.333. The van der Waals surface area contributed by atoms with Gasteiger partial charge in [0.15, 0.2) is 0 Å². The molecule has 5 heteroatoms. The third kappa shape index (κ3) is 2.55. The number of aryl methyl sites for hydroxylation is 2. The normalized spacial score (nSPS) is 10.3. The molecule has 0 aliphatic carbocycles. The molecular weight excluding hydrogens is 218 g/mol. The Bertz CT molecular complexity index is 508. The minimum Gasteiger partial charge on any atom is -0.496 e. The van der Waals surface area contributed by atoms with Gasteiger partial charge in [-0.25, -0.2) is 4.63 Å². The van der Waals surface area contributed by atoms with Crippen LogP contribution in [0.25, 0.3) is 0 Å². The fourth-order valence-electron chi connectivity index (χ4n) is 1.58. The highest BCUT2D eigenvalue weighted by molar-refractivity contribution is 5.50. The lowest BCUT2D eigenvalue weighted by atomic mass is 10.2. The van der Waals surface area contributed by atoms with Crippen molar-refractivity contribution in [1.29, 1.82) is 0 Å². The van der Waals surface area contributed by atoms with Gasteiger partial charge in [-0.2, -0.15) is 0 Å². The number of hydrogen-bond donors (Lipinski definition) is 1. The molecule has 1 aromatic heterocycles. The molecule has 1 aromatic carbocycles. The highest BCUT2D eigenvalue weighted by Crippen LogP contribution is 2.21. The molecule has 0 radical (unpaired) electrons.